The third-order valence-corrected chi connectivity index (χ3v) is 5.43. The number of carbonyl (C=O) groups is 1. The van der Waals surface area contributed by atoms with Crippen molar-refractivity contribution in [1.29, 1.82) is 0 Å². The molecule has 0 aliphatic rings. The second kappa shape index (κ2) is 8.27. The van der Waals surface area contributed by atoms with Gasteiger partial charge in [-0.25, -0.2) is 13.1 Å². The zero-order valence-electron chi connectivity index (χ0n) is 14.8. The summed E-state index contributed by atoms with van der Waals surface area (Å²) in [4.78, 5) is 14.2. The van der Waals surface area contributed by atoms with Crippen LogP contribution in [-0.2, 0) is 16.6 Å². The van der Waals surface area contributed by atoms with Crippen LogP contribution in [0.2, 0.25) is 0 Å². The maximum absolute atomic E-state index is 12.5. The Kier molecular flexibility index (Phi) is 6.33. The molecule has 0 radical (unpaired) electrons. The Morgan fingerprint density at radius 1 is 1.04 bits per heavy atom. The summed E-state index contributed by atoms with van der Waals surface area (Å²) in [6.07, 6.45) is 0. The first-order chi connectivity index (χ1) is 11.9. The number of aryl methyl sites for hydroxylation is 1. The summed E-state index contributed by atoms with van der Waals surface area (Å²) >= 11 is 0. The number of benzene rings is 2. The molecule has 0 unspecified atom stereocenters. The van der Waals surface area contributed by atoms with Crippen molar-refractivity contribution < 1.29 is 13.2 Å². The summed E-state index contributed by atoms with van der Waals surface area (Å²) in [7, 11) is -3.68. The molecule has 0 spiro atoms. The first-order valence-corrected chi connectivity index (χ1v) is 9.80. The van der Waals surface area contributed by atoms with Crippen molar-refractivity contribution in [2.24, 2.45) is 0 Å². The highest BCUT2D eigenvalue weighted by atomic mass is 32.2. The van der Waals surface area contributed by atoms with E-state index in [0.29, 0.717) is 18.7 Å². The number of nitrogens with zero attached hydrogens (tertiary/aromatic N) is 1. The van der Waals surface area contributed by atoms with Gasteiger partial charge >= 0.3 is 0 Å². The summed E-state index contributed by atoms with van der Waals surface area (Å²) in [5.41, 5.74) is 2.38. The Balaban J connectivity index is 2.17. The van der Waals surface area contributed by atoms with Crippen LogP contribution in [0.3, 0.4) is 0 Å². The van der Waals surface area contributed by atoms with E-state index in [2.05, 4.69) is 4.72 Å². The quantitative estimate of drug-likeness (QED) is 0.825. The van der Waals surface area contributed by atoms with E-state index >= 15 is 0 Å². The van der Waals surface area contributed by atoms with E-state index in [1.165, 1.54) is 12.1 Å². The average molecular weight is 360 g/mol. The van der Waals surface area contributed by atoms with Gasteiger partial charge in [-0.2, -0.15) is 0 Å². The first-order valence-electron chi connectivity index (χ1n) is 8.32. The van der Waals surface area contributed by atoms with Crippen molar-refractivity contribution in [3.63, 3.8) is 0 Å². The largest absolute Gasteiger partial charge is 0.339 e. The van der Waals surface area contributed by atoms with Crippen molar-refractivity contribution in [2.75, 3.05) is 13.1 Å². The molecule has 0 heterocycles. The monoisotopic (exact) mass is 360 g/mol. The molecule has 5 nitrogen and oxygen atoms in total. The van der Waals surface area contributed by atoms with Crippen LogP contribution in [0.4, 0.5) is 0 Å². The third kappa shape index (κ3) is 4.90. The SMILES string of the molecule is CCN(CC)C(=O)c1cccc(S(=O)(=O)NCc2ccc(C)cc2)c1. The maximum atomic E-state index is 12.5. The number of rotatable bonds is 7. The van der Waals surface area contributed by atoms with Gasteiger partial charge in [-0.05, 0) is 44.5 Å². The standard InChI is InChI=1S/C19H24N2O3S/c1-4-21(5-2)19(22)17-7-6-8-18(13-17)25(23,24)20-14-16-11-9-15(3)10-12-16/h6-13,20H,4-5,14H2,1-3H3. The molecule has 0 aliphatic carbocycles. The fourth-order valence-corrected chi connectivity index (χ4v) is 3.52. The van der Waals surface area contributed by atoms with E-state index in [1.807, 2.05) is 45.0 Å². The zero-order valence-corrected chi connectivity index (χ0v) is 15.6. The molecule has 0 aromatic heterocycles. The number of amides is 1. The molecular formula is C19H24N2O3S. The van der Waals surface area contributed by atoms with E-state index in [1.54, 1.807) is 17.0 Å². The number of carbonyl (C=O) groups excluding carboxylic acids is 1. The van der Waals surface area contributed by atoms with Crippen LogP contribution in [0.5, 0.6) is 0 Å². The van der Waals surface area contributed by atoms with Gasteiger partial charge in [0.05, 0.1) is 4.90 Å². The fraction of sp³-hybridized carbons (Fsp3) is 0.316. The van der Waals surface area contributed by atoms with Crippen LogP contribution in [-0.4, -0.2) is 32.3 Å². The van der Waals surface area contributed by atoms with E-state index in [-0.39, 0.29) is 17.3 Å². The molecule has 25 heavy (non-hydrogen) atoms. The van der Waals surface area contributed by atoms with E-state index in [0.717, 1.165) is 11.1 Å². The topological polar surface area (TPSA) is 66.5 Å². The first kappa shape index (κ1) is 19.1. The fourth-order valence-electron chi connectivity index (χ4n) is 2.46. The summed E-state index contributed by atoms with van der Waals surface area (Å²) in [5.74, 6) is -0.166. The van der Waals surface area contributed by atoms with E-state index < -0.39 is 10.0 Å². The van der Waals surface area contributed by atoms with Gasteiger partial charge in [0.2, 0.25) is 10.0 Å². The van der Waals surface area contributed by atoms with Gasteiger partial charge in [-0.3, -0.25) is 4.79 Å². The second-order valence-corrected chi connectivity index (χ2v) is 7.58. The minimum Gasteiger partial charge on any atom is -0.339 e. The molecule has 0 atom stereocenters. The van der Waals surface area contributed by atoms with Gasteiger partial charge in [0, 0.05) is 25.2 Å². The van der Waals surface area contributed by atoms with Crippen LogP contribution < -0.4 is 4.72 Å². The molecule has 0 bridgehead atoms. The predicted octanol–water partition coefficient (Wildman–Crippen LogP) is 2.96. The van der Waals surface area contributed by atoms with Gasteiger partial charge in [0.15, 0.2) is 0 Å². The van der Waals surface area contributed by atoms with Crippen molar-refractivity contribution in [1.82, 2.24) is 9.62 Å². The lowest BCUT2D eigenvalue weighted by atomic mass is 10.2. The molecule has 1 N–H and O–H groups in total. The molecule has 134 valence electrons. The Bertz CT molecular complexity index is 826. The molecule has 0 aliphatic heterocycles. The van der Waals surface area contributed by atoms with Crippen LogP contribution in [0.25, 0.3) is 0 Å². The molecule has 0 saturated heterocycles. The maximum Gasteiger partial charge on any atom is 0.253 e. The minimum atomic E-state index is -3.68. The highest BCUT2D eigenvalue weighted by Crippen LogP contribution is 2.14. The molecule has 0 saturated carbocycles. The molecule has 2 aromatic rings. The summed E-state index contributed by atoms with van der Waals surface area (Å²) in [5, 5.41) is 0. The van der Waals surface area contributed by atoms with E-state index in [4.69, 9.17) is 0 Å². The summed E-state index contributed by atoms with van der Waals surface area (Å²) in [6.45, 7) is 7.13. The average Bonchev–Trinajstić information content (AvgIpc) is 2.62. The number of hydrogen-bond donors (Lipinski definition) is 1. The lowest BCUT2D eigenvalue weighted by Crippen LogP contribution is -2.30. The smallest absolute Gasteiger partial charge is 0.253 e. The lowest BCUT2D eigenvalue weighted by molar-refractivity contribution is 0.0772. The molecule has 6 heteroatoms. The second-order valence-electron chi connectivity index (χ2n) is 5.82. The molecule has 2 aromatic carbocycles. The van der Waals surface area contributed by atoms with Crippen molar-refractivity contribution in [2.45, 2.75) is 32.2 Å². The van der Waals surface area contributed by atoms with Gasteiger partial charge in [-0.1, -0.05) is 35.9 Å². The van der Waals surface area contributed by atoms with Crippen LogP contribution in [0, 0.1) is 6.92 Å². The molecule has 1 amide bonds. The van der Waals surface area contributed by atoms with Gasteiger partial charge < -0.3 is 4.90 Å². The van der Waals surface area contributed by atoms with E-state index in [9.17, 15) is 13.2 Å². The zero-order chi connectivity index (χ0) is 18.4. The number of hydrogen-bond acceptors (Lipinski definition) is 3. The van der Waals surface area contributed by atoms with Crippen molar-refractivity contribution in [3.05, 3.63) is 65.2 Å². The van der Waals surface area contributed by atoms with Crippen LogP contribution in [0.1, 0.15) is 35.3 Å². The summed E-state index contributed by atoms with van der Waals surface area (Å²) in [6, 6.07) is 13.8. The highest BCUT2D eigenvalue weighted by Gasteiger charge is 2.18. The van der Waals surface area contributed by atoms with Crippen molar-refractivity contribution in [3.8, 4) is 0 Å². The number of sulfonamides is 1. The Morgan fingerprint density at radius 3 is 2.28 bits per heavy atom. The lowest BCUT2D eigenvalue weighted by Gasteiger charge is -2.19. The normalized spacial score (nSPS) is 11.3. The number of nitrogens with one attached hydrogen (secondary N) is 1. The Hall–Kier alpha value is -2.18. The van der Waals surface area contributed by atoms with Crippen LogP contribution >= 0.6 is 0 Å². The summed E-state index contributed by atoms with van der Waals surface area (Å²) < 4.78 is 27.6. The third-order valence-electron chi connectivity index (χ3n) is 4.03. The Morgan fingerprint density at radius 2 is 1.68 bits per heavy atom. The van der Waals surface area contributed by atoms with Gasteiger partial charge in [-0.15, -0.1) is 0 Å². The van der Waals surface area contributed by atoms with Crippen LogP contribution in [0.15, 0.2) is 53.4 Å². The van der Waals surface area contributed by atoms with Gasteiger partial charge in [0.25, 0.3) is 5.91 Å². The molecular weight excluding hydrogens is 336 g/mol. The predicted molar refractivity (Wildman–Crippen MR) is 98.9 cm³/mol. The Labute approximate surface area is 149 Å². The molecule has 2 rings (SSSR count). The van der Waals surface area contributed by atoms with Crippen molar-refractivity contribution >= 4 is 15.9 Å². The highest BCUT2D eigenvalue weighted by molar-refractivity contribution is 7.89. The minimum absolute atomic E-state index is 0.0950. The molecule has 0 fully saturated rings. The van der Waals surface area contributed by atoms with Gasteiger partial charge in [0.1, 0.15) is 0 Å².